The van der Waals surface area contributed by atoms with Crippen LogP contribution >= 0.6 is 0 Å². The van der Waals surface area contributed by atoms with E-state index in [1.807, 2.05) is 55.1 Å². The molecule has 3 nitrogen and oxygen atoms in total. The number of nitrogens with zero attached hydrogens (tertiary/aromatic N) is 1. The van der Waals surface area contributed by atoms with Crippen molar-refractivity contribution in [2.75, 3.05) is 19.6 Å². The van der Waals surface area contributed by atoms with Gasteiger partial charge >= 0.3 is 0 Å². The smallest absolute Gasteiger partial charge is 0.244 e. The molecule has 0 aliphatic heterocycles. The van der Waals surface area contributed by atoms with E-state index in [1.54, 1.807) is 6.07 Å². The highest BCUT2D eigenvalue weighted by atomic mass is 19.1. The third-order valence-electron chi connectivity index (χ3n) is 4.11. The number of nitrogens with one attached hydrogen (secondary N) is 1. The van der Waals surface area contributed by atoms with Gasteiger partial charge in [0.05, 0.1) is 0 Å². The zero-order chi connectivity index (χ0) is 17.4. The first kappa shape index (κ1) is 18.1. The molecule has 2 aromatic rings. The standard InChI is InChI=1S/C20H25FN2O/c1-3-23(4-2)20(24)19(17-10-6-5-7-11-17)22-14-13-16-9-8-12-18(21)15-16/h5-12,15,19,22H,3-4,13-14H2,1-2H3. The average molecular weight is 328 g/mol. The fourth-order valence-electron chi connectivity index (χ4n) is 2.76. The Labute approximate surface area is 143 Å². The highest BCUT2D eigenvalue weighted by Crippen LogP contribution is 2.16. The number of benzene rings is 2. The van der Waals surface area contributed by atoms with Gasteiger partial charge in [0.2, 0.25) is 5.91 Å². The van der Waals surface area contributed by atoms with Crippen molar-refractivity contribution < 1.29 is 9.18 Å². The van der Waals surface area contributed by atoms with Crippen LogP contribution < -0.4 is 5.32 Å². The van der Waals surface area contributed by atoms with Crippen LogP contribution in [0.2, 0.25) is 0 Å². The zero-order valence-corrected chi connectivity index (χ0v) is 14.3. The summed E-state index contributed by atoms with van der Waals surface area (Å²) in [7, 11) is 0. The zero-order valence-electron chi connectivity index (χ0n) is 14.3. The number of carbonyl (C=O) groups is 1. The topological polar surface area (TPSA) is 32.3 Å². The summed E-state index contributed by atoms with van der Waals surface area (Å²) >= 11 is 0. The van der Waals surface area contributed by atoms with Crippen molar-refractivity contribution in [2.24, 2.45) is 0 Å². The molecule has 2 aromatic carbocycles. The van der Waals surface area contributed by atoms with E-state index in [0.29, 0.717) is 26.1 Å². The SMILES string of the molecule is CCN(CC)C(=O)C(NCCc1cccc(F)c1)c1ccccc1. The van der Waals surface area contributed by atoms with Crippen molar-refractivity contribution in [1.29, 1.82) is 0 Å². The molecule has 0 radical (unpaired) electrons. The lowest BCUT2D eigenvalue weighted by atomic mass is 10.0. The number of amides is 1. The Kier molecular flexibility index (Phi) is 6.94. The van der Waals surface area contributed by atoms with Gasteiger partial charge in [-0.2, -0.15) is 0 Å². The van der Waals surface area contributed by atoms with E-state index in [4.69, 9.17) is 0 Å². The second kappa shape index (κ2) is 9.18. The van der Waals surface area contributed by atoms with Crippen molar-refractivity contribution in [3.8, 4) is 0 Å². The van der Waals surface area contributed by atoms with Crippen LogP contribution in [0.15, 0.2) is 54.6 Å². The van der Waals surface area contributed by atoms with Gasteiger partial charge < -0.3 is 10.2 Å². The van der Waals surface area contributed by atoms with E-state index in [1.165, 1.54) is 12.1 Å². The second-order valence-electron chi connectivity index (χ2n) is 5.69. The summed E-state index contributed by atoms with van der Waals surface area (Å²) in [5.41, 5.74) is 1.87. The Hall–Kier alpha value is -2.20. The molecule has 0 heterocycles. The predicted molar refractivity (Wildman–Crippen MR) is 95.2 cm³/mol. The van der Waals surface area contributed by atoms with Gasteiger partial charge in [0.15, 0.2) is 0 Å². The third-order valence-corrected chi connectivity index (χ3v) is 4.11. The molecule has 4 heteroatoms. The Morgan fingerprint density at radius 1 is 1.08 bits per heavy atom. The predicted octanol–water partition coefficient (Wildman–Crippen LogP) is 3.57. The van der Waals surface area contributed by atoms with Crippen LogP contribution in [-0.4, -0.2) is 30.4 Å². The summed E-state index contributed by atoms with van der Waals surface area (Å²) in [6.45, 7) is 5.94. The Balaban J connectivity index is 2.07. The normalized spacial score (nSPS) is 12.0. The lowest BCUT2D eigenvalue weighted by Gasteiger charge is -2.26. The largest absolute Gasteiger partial charge is 0.342 e. The summed E-state index contributed by atoms with van der Waals surface area (Å²) in [6.07, 6.45) is 0.673. The van der Waals surface area contributed by atoms with Crippen molar-refractivity contribution in [1.82, 2.24) is 10.2 Å². The van der Waals surface area contributed by atoms with E-state index in [9.17, 15) is 9.18 Å². The van der Waals surface area contributed by atoms with Gasteiger partial charge in [0, 0.05) is 19.6 Å². The number of likely N-dealkylation sites (N-methyl/N-ethyl adjacent to an activating group) is 1. The third kappa shape index (κ3) is 4.90. The van der Waals surface area contributed by atoms with Gasteiger partial charge in [0.1, 0.15) is 11.9 Å². The number of carbonyl (C=O) groups excluding carboxylic acids is 1. The van der Waals surface area contributed by atoms with Gasteiger partial charge in [-0.1, -0.05) is 42.5 Å². The summed E-state index contributed by atoms with van der Waals surface area (Å²) < 4.78 is 13.3. The summed E-state index contributed by atoms with van der Waals surface area (Å²) in [5, 5.41) is 3.34. The number of rotatable bonds is 8. The number of hydrogen-bond acceptors (Lipinski definition) is 2. The summed E-state index contributed by atoms with van der Waals surface area (Å²) in [4.78, 5) is 14.6. The van der Waals surface area contributed by atoms with Crippen LogP contribution in [0.5, 0.6) is 0 Å². The molecule has 24 heavy (non-hydrogen) atoms. The lowest BCUT2D eigenvalue weighted by molar-refractivity contribution is -0.133. The first-order chi connectivity index (χ1) is 11.7. The Morgan fingerprint density at radius 2 is 1.79 bits per heavy atom. The monoisotopic (exact) mass is 328 g/mol. The first-order valence-corrected chi connectivity index (χ1v) is 8.47. The van der Waals surface area contributed by atoms with Crippen molar-refractivity contribution in [3.63, 3.8) is 0 Å². The highest BCUT2D eigenvalue weighted by molar-refractivity contribution is 5.83. The van der Waals surface area contributed by atoms with Crippen molar-refractivity contribution in [3.05, 3.63) is 71.5 Å². The minimum Gasteiger partial charge on any atom is -0.342 e. The first-order valence-electron chi connectivity index (χ1n) is 8.47. The number of hydrogen-bond donors (Lipinski definition) is 1. The maximum atomic E-state index is 13.3. The molecule has 1 amide bonds. The van der Waals surface area contributed by atoms with Gasteiger partial charge in [-0.25, -0.2) is 4.39 Å². The van der Waals surface area contributed by atoms with E-state index in [-0.39, 0.29) is 17.8 Å². The molecule has 0 aromatic heterocycles. The second-order valence-corrected chi connectivity index (χ2v) is 5.69. The van der Waals surface area contributed by atoms with Crippen LogP contribution in [0.4, 0.5) is 4.39 Å². The molecule has 1 N–H and O–H groups in total. The van der Waals surface area contributed by atoms with Gasteiger partial charge in [-0.15, -0.1) is 0 Å². The Morgan fingerprint density at radius 3 is 2.42 bits per heavy atom. The van der Waals surface area contributed by atoms with Gasteiger partial charge in [-0.3, -0.25) is 4.79 Å². The fourth-order valence-corrected chi connectivity index (χ4v) is 2.76. The van der Waals surface area contributed by atoms with Crippen LogP contribution in [0.25, 0.3) is 0 Å². The lowest BCUT2D eigenvalue weighted by Crippen LogP contribution is -2.41. The Bertz CT molecular complexity index is 641. The molecule has 2 rings (SSSR count). The minimum atomic E-state index is -0.375. The molecule has 0 spiro atoms. The maximum Gasteiger partial charge on any atom is 0.244 e. The molecule has 1 atom stereocenters. The van der Waals surface area contributed by atoms with E-state index >= 15 is 0 Å². The van der Waals surface area contributed by atoms with Crippen molar-refractivity contribution >= 4 is 5.91 Å². The molecule has 1 unspecified atom stereocenters. The average Bonchev–Trinajstić information content (AvgIpc) is 2.60. The molecule has 0 saturated heterocycles. The molecular formula is C20H25FN2O. The van der Waals surface area contributed by atoms with E-state index < -0.39 is 0 Å². The van der Waals surface area contributed by atoms with E-state index in [2.05, 4.69) is 5.32 Å². The molecule has 128 valence electrons. The molecule has 0 saturated carbocycles. The van der Waals surface area contributed by atoms with Gasteiger partial charge in [0.25, 0.3) is 0 Å². The minimum absolute atomic E-state index is 0.0745. The van der Waals surface area contributed by atoms with Crippen molar-refractivity contribution in [2.45, 2.75) is 26.3 Å². The number of halogens is 1. The molecular weight excluding hydrogens is 303 g/mol. The fraction of sp³-hybridized carbons (Fsp3) is 0.350. The van der Waals surface area contributed by atoms with E-state index in [0.717, 1.165) is 11.1 Å². The van der Waals surface area contributed by atoms with Crippen LogP contribution in [0, 0.1) is 5.82 Å². The molecule has 0 fully saturated rings. The highest BCUT2D eigenvalue weighted by Gasteiger charge is 2.23. The molecule has 0 aliphatic carbocycles. The summed E-state index contributed by atoms with van der Waals surface area (Å²) in [5.74, 6) is -0.156. The van der Waals surface area contributed by atoms with Gasteiger partial charge in [-0.05, 0) is 43.5 Å². The maximum absolute atomic E-state index is 13.3. The van der Waals surface area contributed by atoms with Crippen LogP contribution in [0.1, 0.15) is 31.0 Å². The molecule has 0 bridgehead atoms. The summed E-state index contributed by atoms with van der Waals surface area (Å²) in [6, 6.07) is 15.9. The molecule has 0 aliphatic rings. The quantitative estimate of drug-likeness (QED) is 0.803. The van der Waals surface area contributed by atoms with Crippen LogP contribution in [0.3, 0.4) is 0 Å². The van der Waals surface area contributed by atoms with Crippen LogP contribution in [-0.2, 0) is 11.2 Å².